The zero-order valence-electron chi connectivity index (χ0n) is 12.6. The summed E-state index contributed by atoms with van der Waals surface area (Å²) in [5.41, 5.74) is 0.359. The third kappa shape index (κ3) is 3.44. The van der Waals surface area contributed by atoms with Crippen LogP contribution in [0.15, 0.2) is 24.4 Å². The third-order valence-electron chi connectivity index (χ3n) is 3.70. The van der Waals surface area contributed by atoms with Crippen molar-refractivity contribution in [3.05, 3.63) is 30.0 Å². The van der Waals surface area contributed by atoms with Gasteiger partial charge in [-0.15, -0.1) is 0 Å². The zero-order chi connectivity index (χ0) is 18.2. The molecule has 0 bridgehead atoms. The van der Waals surface area contributed by atoms with Crippen molar-refractivity contribution in [2.45, 2.75) is 18.4 Å². The summed E-state index contributed by atoms with van der Waals surface area (Å²) in [4.78, 5) is 26.3. The number of carbonyl (C=O) groups is 2. The van der Waals surface area contributed by atoms with Crippen LogP contribution in [0.4, 0.5) is 18.9 Å². The molecule has 1 aliphatic heterocycles. The van der Waals surface area contributed by atoms with Gasteiger partial charge in [-0.05, 0) is 18.2 Å². The van der Waals surface area contributed by atoms with E-state index in [1.165, 1.54) is 18.3 Å². The van der Waals surface area contributed by atoms with E-state index in [-0.39, 0.29) is 24.5 Å². The molecule has 0 unspecified atom stereocenters. The third-order valence-corrected chi connectivity index (χ3v) is 3.70. The average molecular weight is 358 g/mol. The molecule has 134 valence electrons. The minimum atomic E-state index is -4.77. The number of hydrogen-bond donors (Lipinski definition) is 3. The first-order valence-electron chi connectivity index (χ1n) is 7.22. The molecular formula is C15H13F3N2O5. The molecule has 1 aliphatic rings. The second-order valence-electron chi connectivity index (χ2n) is 5.38. The van der Waals surface area contributed by atoms with Crippen molar-refractivity contribution in [3.63, 3.8) is 0 Å². The Kier molecular flexibility index (Phi) is 4.39. The van der Waals surface area contributed by atoms with E-state index in [2.05, 4.69) is 15.0 Å². The highest BCUT2D eigenvalue weighted by molar-refractivity contribution is 6.06. The minimum absolute atomic E-state index is 0.0347. The van der Waals surface area contributed by atoms with Gasteiger partial charge in [-0.3, -0.25) is 4.79 Å². The number of benzene rings is 1. The molecule has 0 radical (unpaired) electrons. The van der Waals surface area contributed by atoms with Gasteiger partial charge in [0, 0.05) is 22.8 Å². The Morgan fingerprint density at radius 1 is 1.24 bits per heavy atom. The van der Waals surface area contributed by atoms with Crippen molar-refractivity contribution < 1.29 is 37.3 Å². The van der Waals surface area contributed by atoms with Crippen LogP contribution in [0.25, 0.3) is 10.9 Å². The molecule has 3 rings (SSSR count). The summed E-state index contributed by atoms with van der Waals surface area (Å²) in [5, 5.41) is 11.9. The van der Waals surface area contributed by atoms with Gasteiger partial charge in [0.15, 0.2) is 12.2 Å². The Hall–Kier alpha value is -2.59. The number of halogens is 3. The molecular weight excluding hydrogens is 345 g/mol. The molecule has 0 spiro atoms. The van der Waals surface area contributed by atoms with E-state index in [1.807, 2.05) is 0 Å². The maximum absolute atomic E-state index is 13.0. The van der Waals surface area contributed by atoms with E-state index in [9.17, 15) is 27.9 Å². The fourth-order valence-corrected chi connectivity index (χ4v) is 2.63. The number of aromatic carboxylic acids is 1. The van der Waals surface area contributed by atoms with Crippen LogP contribution >= 0.6 is 0 Å². The van der Waals surface area contributed by atoms with Crippen LogP contribution in [0.2, 0.25) is 0 Å². The lowest BCUT2D eigenvalue weighted by atomic mass is 10.1. The highest BCUT2D eigenvalue weighted by atomic mass is 19.4. The Morgan fingerprint density at radius 2 is 1.96 bits per heavy atom. The number of hydrogen-bond acceptors (Lipinski definition) is 4. The summed E-state index contributed by atoms with van der Waals surface area (Å²) in [7, 11) is 0. The lowest BCUT2D eigenvalue weighted by Crippen LogP contribution is -2.53. The second kappa shape index (κ2) is 6.37. The van der Waals surface area contributed by atoms with Gasteiger partial charge in [-0.25, -0.2) is 4.79 Å². The fourth-order valence-electron chi connectivity index (χ4n) is 2.63. The monoisotopic (exact) mass is 358 g/mol. The molecule has 2 aromatic rings. The predicted octanol–water partition coefficient (Wildman–Crippen LogP) is 2.15. The molecule has 2 atom stereocenters. The number of anilines is 1. The molecule has 1 saturated heterocycles. The van der Waals surface area contributed by atoms with Crippen molar-refractivity contribution >= 4 is 28.5 Å². The SMILES string of the molecule is O=C(O)c1cc(NC(=O)[C@@H]2OCCO[C@@H]2C(F)(F)F)cc2[nH]ccc12. The highest BCUT2D eigenvalue weighted by Crippen LogP contribution is 2.30. The number of carboxylic acid groups (broad SMARTS) is 1. The molecule has 10 heteroatoms. The molecule has 1 aromatic heterocycles. The Balaban J connectivity index is 1.87. The molecule has 25 heavy (non-hydrogen) atoms. The van der Waals surface area contributed by atoms with Crippen LogP contribution in [0.5, 0.6) is 0 Å². The van der Waals surface area contributed by atoms with E-state index < -0.39 is 30.3 Å². The van der Waals surface area contributed by atoms with Gasteiger partial charge in [0.2, 0.25) is 0 Å². The number of ether oxygens (including phenoxy) is 2. The van der Waals surface area contributed by atoms with Crippen LogP contribution in [-0.2, 0) is 14.3 Å². The van der Waals surface area contributed by atoms with E-state index in [0.717, 1.165) is 0 Å². The molecule has 1 fully saturated rings. The maximum atomic E-state index is 13.0. The average Bonchev–Trinajstić information content (AvgIpc) is 3.01. The molecule has 1 amide bonds. The van der Waals surface area contributed by atoms with E-state index in [4.69, 9.17) is 4.74 Å². The topological polar surface area (TPSA) is 101 Å². The number of nitrogens with one attached hydrogen (secondary N) is 2. The summed E-state index contributed by atoms with van der Waals surface area (Å²) >= 11 is 0. The van der Waals surface area contributed by atoms with Gasteiger partial charge in [0.1, 0.15) is 0 Å². The van der Waals surface area contributed by atoms with E-state index in [0.29, 0.717) is 10.9 Å². The number of H-pyrrole nitrogens is 1. The van der Waals surface area contributed by atoms with Crippen molar-refractivity contribution in [1.82, 2.24) is 4.98 Å². The van der Waals surface area contributed by atoms with Gasteiger partial charge < -0.3 is 24.9 Å². The summed E-state index contributed by atoms with van der Waals surface area (Å²) in [5.74, 6) is -2.30. The van der Waals surface area contributed by atoms with Crippen LogP contribution in [-0.4, -0.2) is 53.6 Å². The largest absolute Gasteiger partial charge is 0.478 e. The number of carboxylic acids is 1. The second-order valence-corrected chi connectivity index (χ2v) is 5.38. The van der Waals surface area contributed by atoms with Crippen molar-refractivity contribution in [1.29, 1.82) is 0 Å². The number of fused-ring (bicyclic) bond motifs is 1. The number of aromatic amines is 1. The number of amides is 1. The standard InChI is InChI=1S/C15H13F3N2O5/c16-15(17,18)12-11(24-3-4-25-12)13(21)20-7-5-9(14(22)23)8-1-2-19-10(8)6-7/h1-2,5-6,11-12,19H,3-4H2,(H,20,21)(H,22,23)/t11-,12+/m1/s1. The summed E-state index contributed by atoms with van der Waals surface area (Å²) in [6.45, 7) is -0.424. The molecule has 1 aromatic carbocycles. The van der Waals surface area contributed by atoms with Gasteiger partial charge >= 0.3 is 12.1 Å². The zero-order valence-corrected chi connectivity index (χ0v) is 12.6. The molecule has 2 heterocycles. The van der Waals surface area contributed by atoms with E-state index in [1.54, 1.807) is 6.07 Å². The molecule has 7 nitrogen and oxygen atoms in total. The lowest BCUT2D eigenvalue weighted by Gasteiger charge is -2.32. The molecule has 0 aliphatic carbocycles. The van der Waals surface area contributed by atoms with Crippen molar-refractivity contribution in [2.75, 3.05) is 18.5 Å². The predicted molar refractivity (Wildman–Crippen MR) is 79.4 cm³/mol. The normalized spacial score (nSPS) is 21.2. The quantitative estimate of drug-likeness (QED) is 0.781. The first kappa shape index (κ1) is 17.2. The van der Waals surface area contributed by atoms with Crippen molar-refractivity contribution in [2.24, 2.45) is 0 Å². The Labute approximate surface area is 138 Å². The number of alkyl halides is 3. The van der Waals surface area contributed by atoms with E-state index >= 15 is 0 Å². The summed E-state index contributed by atoms with van der Waals surface area (Å²) < 4.78 is 48.4. The van der Waals surface area contributed by atoms with Crippen LogP contribution in [0, 0.1) is 0 Å². The highest BCUT2D eigenvalue weighted by Gasteiger charge is 2.51. The smallest absolute Gasteiger partial charge is 0.417 e. The van der Waals surface area contributed by atoms with Gasteiger partial charge in [0.05, 0.1) is 18.8 Å². The Morgan fingerprint density at radius 3 is 2.64 bits per heavy atom. The first-order chi connectivity index (χ1) is 11.8. The Bertz CT molecular complexity index is 817. The van der Waals surface area contributed by atoms with Crippen LogP contribution < -0.4 is 5.32 Å². The number of aromatic nitrogens is 1. The van der Waals surface area contributed by atoms with Gasteiger partial charge in [-0.2, -0.15) is 13.2 Å². The van der Waals surface area contributed by atoms with Crippen molar-refractivity contribution in [3.8, 4) is 0 Å². The van der Waals surface area contributed by atoms with Gasteiger partial charge in [-0.1, -0.05) is 0 Å². The van der Waals surface area contributed by atoms with Gasteiger partial charge in [0.25, 0.3) is 5.91 Å². The number of carbonyl (C=O) groups excluding carboxylic acids is 1. The first-order valence-corrected chi connectivity index (χ1v) is 7.22. The summed E-state index contributed by atoms with van der Waals surface area (Å²) in [6, 6.07) is 4.14. The molecule has 0 saturated carbocycles. The number of rotatable bonds is 3. The van der Waals surface area contributed by atoms with Crippen LogP contribution in [0.3, 0.4) is 0 Å². The summed E-state index contributed by atoms with van der Waals surface area (Å²) in [6.07, 6.45) is -7.51. The minimum Gasteiger partial charge on any atom is -0.478 e. The maximum Gasteiger partial charge on any atom is 0.417 e. The van der Waals surface area contributed by atoms with Crippen LogP contribution in [0.1, 0.15) is 10.4 Å². The fraction of sp³-hybridized carbons (Fsp3) is 0.333. The molecule has 3 N–H and O–H groups in total. The lowest BCUT2D eigenvalue weighted by molar-refractivity contribution is -0.271.